The fourth-order valence-electron chi connectivity index (χ4n) is 2.91. The molecule has 0 fully saturated rings. The highest BCUT2D eigenvalue weighted by Gasteiger charge is 2.20. The number of nitro benzene ring substituents is 1. The zero-order valence-corrected chi connectivity index (χ0v) is 14.5. The molecule has 0 aliphatic carbocycles. The number of para-hydroxylation sites is 1. The summed E-state index contributed by atoms with van der Waals surface area (Å²) in [4.78, 5) is 23.3. The van der Waals surface area contributed by atoms with E-state index in [9.17, 15) is 14.9 Å². The Labute approximate surface area is 149 Å². The van der Waals surface area contributed by atoms with Gasteiger partial charge in [0.15, 0.2) is 0 Å². The van der Waals surface area contributed by atoms with Crippen molar-refractivity contribution >= 4 is 22.6 Å². The van der Waals surface area contributed by atoms with Gasteiger partial charge in [0.05, 0.1) is 25.2 Å². The Hall–Kier alpha value is -3.35. The fraction of sp³-hybridized carbons (Fsp3) is 0.211. The molecule has 0 spiro atoms. The second-order valence-electron chi connectivity index (χ2n) is 5.65. The molecule has 0 radical (unpaired) electrons. The minimum atomic E-state index is -0.471. The lowest BCUT2D eigenvalue weighted by Gasteiger charge is -2.11. The lowest BCUT2D eigenvalue weighted by molar-refractivity contribution is -0.385. The first kappa shape index (κ1) is 17.5. The minimum absolute atomic E-state index is 0.0117. The summed E-state index contributed by atoms with van der Waals surface area (Å²) in [6, 6.07) is 13.6. The third-order valence-electron chi connectivity index (χ3n) is 4.11. The maximum Gasteiger partial charge on any atom is 0.354 e. The highest BCUT2D eigenvalue weighted by Crippen LogP contribution is 2.28. The van der Waals surface area contributed by atoms with Gasteiger partial charge in [-0.25, -0.2) is 4.79 Å². The highest BCUT2D eigenvalue weighted by atomic mass is 16.6. The number of ether oxygens (including phenoxy) is 2. The minimum Gasteiger partial charge on any atom is -0.497 e. The van der Waals surface area contributed by atoms with E-state index in [4.69, 9.17) is 9.47 Å². The summed E-state index contributed by atoms with van der Waals surface area (Å²) >= 11 is 0. The monoisotopic (exact) mass is 354 g/mol. The molecule has 0 aliphatic rings. The molecule has 0 amide bonds. The van der Waals surface area contributed by atoms with Gasteiger partial charge >= 0.3 is 5.97 Å². The standard InChI is InChI=1S/C19H18N2O5/c1-3-26-19(22)18-11-14-10-15(25-2)8-9-16(14)20(18)12-13-6-4-5-7-17(13)21(23)24/h4-11H,3,12H2,1-2H3. The summed E-state index contributed by atoms with van der Waals surface area (Å²) in [5.74, 6) is 0.192. The number of hydrogen-bond donors (Lipinski definition) is 0. The summed E-state index contributed by atoms with van der Waals surface area (Å²) < 4.78 is 12.1. The van der Waals surface area contributed by atoms with E-state index < -0.39 is 10.9 Å². The van der Waals surface area contributed by atoms with Gasteiger partial charge < -0.3 is 14.0 Å². The predicted molar refractivity (Wildman–Crippen MR) is 96.6 cm³/mol. The molecule has 26 heavy (non-hydrogen) atoms. The normalized spacial score (nSPS) is 10.7. The molecule has 0 unspecified atom stereocenters. The molecule has 0 N–H and O–H groups in total. The van der Waals surface area contributed by atoms with E-state index in [0.29, 0.717) is 17.0 Å². The van der Waals surface area contributed by atoms with Crippen LogP contribution in [0.3, 0.4) is 0 Å². The number of rotatable bonds is 6. The lowest BCUT2D eigenvalue weighted by atomic mass is 10.1. The molecular weight excluding hydrogens is 336 g/mol. The summed E-state index contributed by atoms with van der Waals surface area (Å²) in [7, 11) is 1.57. The van der Waals surface area contributed by atoms with Crippen LogP contribution in [0.2, 0.25) is 0 Å². The van der Waals surface area contributed by atoms with Crippen LogP contribution in [-0.2, 0) is 11.3 Å². The maximum absolute atomic E-state index is 12.4. The van der Waals surface area contributed by atoms with Crippen LogP contribution < -0.4 is 4.74 Å². The number of hydrogen-bond acceptors (Lipinski definition) is 5. The Morgan fingerprint density at radius 1 is 1.19 bits per heavy atom. The molecule has 0 saturated heterocycles. The van der Waals surface area contributed by atoms with Crippen LogP contribution in [-0.4, -0.2) is 29.2 Å². The molecule has 7 heteroatoms. The molecule has 0 aliphatic heterocycles. The number of carbonyl (C=O) groups excluding carboxylic acids is 1. The largest absolute Gasteiger partial charge is 0.497 e. The van der Waals surface area contributed by atoms with E-state index in [0.717, 1.165) is 10.9 Å². The van der Waals surface area contributed by atoms with Crippen molar-refractivity contribution in [2.45, 2.75) is 13.5 Å². The molecule has 3 rings (SSSR count). The Kier molecular flexibility index (Phi) is 4.88. The number of methoxy groups -OCH3 is 1. The van der Waals surface area contributed by atoms with Gasteiger partial charge in [0.1, 0.15) is 11.4 Å². The van der Waals surface area contributed by atoms with E-state index in [1.807, 2.05) is 12.1 Å². The van der Waals surface area contributed by atoms with E-state index >= 15 is 0 Å². The maximum atomic E-state index is 12.4. The summed E-state index contributed by atoms with van der Waals surface area (Å²) in [5, 5.41) is 12.1. The van der Waals surface area contributed by atoms with Crippen molar-refractivity contribution in [3.8, 4) is 5.75 Å². The van der Waals surface area contributed by atoms with Crippen molar-refractivity contribution in [3.05, 3.63) is 69.9 Å². The third kappa shape index (κ3) is 3.23. The summed E-state index contributed by atoms with van der Waals surface area (Å²) in [5.41, 5.74) is 1.63. The lowest BCUT2D eigenvalue weighted by Crippen LogP contribution is -2.13. The molecular formula is C19H18N2O5. The molecule has 3 aromatic rings. The van der Waals surface area contributed by atoms with Gasteiger partial charge in [-0.2, -0.15) is 0 Å². The number of benzene rings is 2. The molecule has 134 valence electrons. The van der Waals surface area contributed by atoms with Crippen LogP contribution in [0.25, 0.3) is 10.9 Å². The smallest absolute Gasteiger partial charge is 0.354 e. The first-order valence-electron chi connectivity index (χ1n) is 8.11. The van der Waals surface area contributed by atoms with Crippen molar-refractivity contribution in [2.24, 2.45) is 0 Å². The first-order chi connectivity index (χ1) is 12.5. The Morgan fingerprint density at radius 2 is 1.96 bits per heavy atom. The second-order valence-corrected chi connectivity index (χ2v) is 5.65. The quantitative estimate of drug-likeness (QED) is 0.382. The van der Waals surface area contributed by atoms with Crippen molar-refractivity contribution in [1.29, 1.82) is 0 Å². The van der Waals surface area contributed by atoms with Gasteiger partial charge in [-0.1, -0.05) is 18.2 Å². The molecule has 7 nitrogen and oxygen atoms in total. The van der Waals surface area contributed by atoms with E-state index in [2.05, 4.69) is 0 Å². The zero-order valence-electron chi connectivity index (χ0n) is 14.5. The van der Waals surface area contributed by atoms with Gasteiger partial charge in [0.25, 0.3) is 5.69 Å². The number of carbonyl (C=O) groups is 1. The third-order valence-corrected chi connectivity index (χ3v) is 4.11. The first-order valence-corrected chi connectivity index (χ1v) is 8.11. The van der Waals surface area contributed by atoms with Gasteiger partial charge in [0.2, 0.25) is 0 Å². The van der Waals surface area contributed by atoms with Crippen molar-refractivity contribution in [3.63, 3.8) is 0 Å². The van der Waals surface area contributed by atoms with E-state index in [1.165, 1.54) is 6.07 Å². The second kappa shape index (κ2) is 7.26. The van der Waals surface area contributed by atoms with E-state index in [-0.39, 0.29) is 18.8 Å². The predicted octanol–water partition coefficient (Wildman–Crippen LogP) is 3.78. The number of fused-ring (bicyclic) bond motifs is 1. The van der Waals surface area contributed by atoms with Crippen molar-refractivity contribution in [1.82, 2.24) is 4.57 Å². The van der Waals surface area contributed by atoms with Gasteiger partial charge in [-0.15, -0.1) is 0 Å². The fourth-order valence-corrected chi connectivity index (χ4v) is 2.91. The number of nitro groups is 1. The molecule has 1 heterocycles. The average Bonchev–Trinajstić information content (AvgIpc) is 3.00. The highest BCUT2D eigenvalue weighted by molar-refractivity contribution is 5.96. The molecule has 0 bridgehead atoms. The van der Waals surface area contributed by atoms with Crippen molar-refractivity contribution < 1.29 is 19.2 Å². The van der Waals surface area contributed by atoms with Gasteiger partial charge in [-0.3, -0.25) is 10.1 Å². The molecule has 1 aromatic heterocycles. The van der Waals surface area contributed by atoms with Crippen LogP contribution in [0.4, 0.5) is 5.69 Å². The topological polar surface area (TPSA) is 83.6 Å². The van der Waals surface area contributed by atoms with Crippen LogP contribution in [0.5, 0.6) is 5.75 Å². The number of esters is 1. The van der Waals surface area contributed by atoms with Crippen LogP contribution >= 0.6 is 0 Å². The van der Waals surface area contributed by atoms with Crippen LogP contribution in [0.1, 0.15) is 23.0 Å². The number of nitrogens with zero attached hydrogens (tertiary/aromatic N) is 2. The Morgan fingerprint density at radius 3 is 2.65 bits per heavy atom. The molecule has 0 saturated carbocycles. The molecule has 0 atom stereocenters. The summed E-state index contributed by atoms with van der Waals surface area (Å²) in [6.07, 6.45) is 0. The summed E-state index contributed by atoms with van der Waals surface area (Å²) in [6.45, 7) is 2.16. The Bertz CT molecular complexity index is 977. The van der Waals surface area contributed by atoms with Gasteiger partial charge in [-0.05, 0) is 31.2 Å². The SMILES string of the molecule is CCOC(=O)c1cc2cc(OC)ccc2n1Cc1ccccc1[N+](=O)[O-]. The van der Waals surface area contributed by atoms with Crippen LogP contribution in [0.15, 0.2) is 48.5 Å². The van der Waals surface area contributed by atoms with Crippen molar-refractivity contribution in [2.75, 3.05) is 13.7 Å². The van der Waals surface area contributed by atoms with Crippen LogP contribution in [0, 0.1) is 10.1 Å². The average molecular weight is 354 g/mol. The number of aromatic nitrogens is 1. The van der Waals surface area contributed by atoms with Gasteiger partial charge in [0, 0.05) is 22.5 Å². The zero-order chi connectivity index (χ0) is 18.7. The molecule has 2 aromatic carbocycles. The Balaban J connectivity index is 2.15. The van der Waals surface area contributed by atoms with E-state index in [1.54, 1.807) is 48.9 Å².